The Morgan fingerprint density at radius 1 is 1.23 bits per heavy atom. The van der Waals surface area contributed by atoms with Crippen LogP contribution in [0.3, 0.4) is 0 Å². The number of rotatable bonds is 3. The van der Waals surface area contributed by atoms with Crippen molar-refractivity contribution >= 4 is 23.2 Å². The highest BCUT2D eigenvalue weighted by Gasteiger charge is 2.34. The van der Waals surface area contributed by atoms with Crippen LogP contribution in [0.25, 0.3) is 0 Å². The number of nitrogens with one attached hydrogen (secondary N) is 2. The molecule has 2 aromatic carbocycles. The Bertz CT molecular complexity index is 862. The molecule has 2 heterocycles. The van der Waals surface area contributed by atoms with Crippen molar-refractivity contribution in [2.24, 2.45) is 0 Å². The van der Waals surface area contributed by atoms with E-state index in [1.807, 2.05) is 37.3 Å². The quantitative estimate of drug-likeness (QED) is 0.894. The van der Waals surface area contributed by atoms with E-state index < -0.39 is 0 Å². The minimum Gasteiger partial charge on any atom is -0.358 e. The first-order chi connectivity index (χ1) is 12.6. The van der Waals surface area contributed by atoms with E-state index in [-0.39, 0.29) is 17.9 Å². The number of piperidine rings is 1. The number of hydrogen-bond acceptors (Lipinski definition) is 3. The number of nitrogens with zero attached hydrogens (tertiary/aromatic N) is 1. The van der Waals surface area contributed by atoms with Gasteiger partial charge in [-0.05, 0) is 49.9 Å². The van der Waals surface area contributed by atoms with Crippen LogP contribution in [0.1, 0.15) is 40.7 Å². The van der Waals surface area contributed by atoms with Crippen molar-refractivity contribution in [3.63, 3.8) is 0 Å². The van der Waals surface area contributed by atoms with Crippen LogP contribution in [0.5, 0.6) is 0 Å². The van der Waals surface area contributed by atoms with Crippen molar-refractivity contribution in [2.75, 3.05) is 16.8 Å². The number of amides is 2. The van der Waals surface area contributed by atoms with Crippen molar-refractivity contribution in [1.29, 1.82) is 0 Å². The first-order valence-corrected chi connectivity index (χ1v) is 9.17. The summed E-state index contributed by atoms with van der Waals surface area (Å²) in [5.41, 5.74) is 4.55. The van der Waals surface area contributed by atoms with Crippen LogP contribution in [-0.4, -0.2) is 24.4 Å². The van der Waals surface area contributed by atoms with E-state index in [4.69, 9.17) is 0 Å². The van der Waals surface area contributed by atoms with Crippen LogP contribution in [0, 0.1) is 6.92 Å². The lowest BCUT2D eigenvalue weighted by atomic mass is 9.97. The summed E-state index contributed by atoms with van der Waals surface area (Å²) in [6.45, 7) is 3.41. The lowest BCUT2D eigenvalue weighted by molar-refractivity contribution is -0.118. The van der Waals surface area contributed by atoms with Gasteiger partial charge in [0, 0.05) is 18.7 Å². The summed E-state index contributed by atoms with van der Waals surface area (Å²) in [4.78, 5) is 27.0. The predicted molar refractivity (Wildman–Crippen MR) is 102 cm³/mol. The molecule has 1 saturated heterocycles. The minimum atomic E-state index is -0.135. The fourth-order valence-electron chi connectivity index (χ4n) is 3.84. The van der Waals surface area contributed by atoms with Crippen LogP contribution < -0.4 is 15.5 Å². The SMILES string of the molecule is Cc1cccc(CNC(=O)c2ccc3c(c2)NC(=O)[C@H]2CCCCN32)c1. The first-order valence-electron chi connectivity index (χ1n) is 9.17. The maximum Gasteiger partial charge on any atom is 0.251 e. The fourth-order valence-corrected chi connectivity index (χ4v) is 3.84. The molecule has 2 amide bonds. The molecule has 26 heavy (non-hydrogen) atoms. The molecule has 4 rings (SSSR count). The molecule has 1 fully saturated rings. The van der Waals surface area contributed by atoms with Gasteiger partial charge >= 0.3 is 0 Å². The summed E-state index contributed by atoms with van der Waals surface area (Å²) < 4.78 is 0. The van der Waals surface area contributed by atoms with Gasteiger partial charge in [0.05, 0.1) is 11.4 Å². The van der Waals surface area contributed by atoms with Crippen LogP contribution in [-0.2, 0) is 11.3 Å². The van der Waals surface area contributed by atoms with E-state index >= 15 is 0 Å². The fraction of sp³-hybridized carbons (Fsp3) is 0.333. The Hall–Kier alpha value is -2.82. The molecule has 0 aromatic heterocycles. The molecule has 0 radical (unpaired) electrons. The minimum absolute atomic E-state index is 0.0366. The average Bonchev–Trinajstić information content (AvgIpc) is 2.66. The summed E-state index contributed by atoms with van der Waals surface area (Å²) in [6.07, 6.45) is 3.08. The van der Waals surface area contributed by atoms with E-state index in [1.54, 1.807) is 6.07 Å². The third-order valence-electron chi connectivity index (χ3n) is 5.17. The molecule has 134 valence electrons. The molecule has 0 bridgehead atoms. The number of aryl methyl sites for hydroxylation is 1. The van der Waals surface area contributed by atoms with Crippen LogP contribution in [0.15, 0.2) is 42.5 Å². The van der Waals surface area contributed by atoms with Gasteiger partial charge in [0.25, 0.3) is 5.91 Å². The molecule has 0 unspecified atom stereocenters. The van der Waals surface area contributed by atoms with Gasteiger partial charge in [-0.3, -0.25) is 9.59 Å². The number of carbonyl (C=O) groups is 2. The number of anilines is 2. The first kappa shape index (κ1) is 16.6. The Labute approximate surface area is 153 Å². The number of carbonyl (C=O) groups excluding carboxylic acids is 2. The summed E-state index contributed by atoms with van der Waals surface area (Å²) >= 11 is 0. The molecule has 2 N–H and O–H groups in total. The van der Waals surface area contributed by atoms with E-state index in [2.05, 4.69) is 21.6 Å². The second kappa shape index (κ2) is 6.83. The lowest BCUT2D eigenvalue weighted by Crippen LogP contribution is -2.50. The van der Waals surface area contributed by atoms with Gasteiger partial charge in [-0.1, -0.05) is 29.8 Å². The summed E-state index contributed by atoms with van der Waals surface area (Å²) in [6, 6.07) is 13.6. The van der Waals surface area contributed by atoms with Crippen molar-refractivity contribution in [1.82, 2.24) is 5.32 Å². The summed E-state index contributed by atoms with van der Waals surface area (Å²) in [5, 5.41) is 5.93. The summed E-state index contributed by atoms with van der Waals surface area (Å²) in [7, 11) is 0. The standard InChI is InChI=1S/C21H23N3O2/c1-14-5-4-6-15(11-14)13-22-20(25)16-8-9-18-17(12-16)23-21(26)19-7-2-3-10-24(18)19/h4-6,8-9,11-12,19H,2-3,7,10,13H2,1H3,(H,22,25)(H,23,26)/t19-/m1/s1. The zero-order chi connectivity index (χ0) is 18.1. The van der Waals surface area contributed by atoms with Gasteiger partial charge < -0.3 is 15.5 Å². The van der Waals surface area contributed by atoms with Crippen molar-refractivity contribution in [3.8, 4) is 0 Å². The molecule has 2 aliphatic heterocycles. The molecule has 0 spiro atoms. The molecule has 1 atom stereocenters. The lowest BCUT2D eigenvalue weighted by Gasteiger charge is -2.41. The van der Waals surface area contributed by atoms with Gasteiger partial charge in [-0.25, -0.2) is 0 Å². The van der Waals surface area contributed by atoms with Gasteiger partial charge in [-0.2, -0.15) is 0 Å². The second-order valence-electron chi connectivity index (χ2n) is 7.10. The molecular formula is C21H23N3O2. The van der Waals surface area contributed by atoms with Crippen LogP contribution in [0.2, 0.25) is 0 Å². The largest absolute Gasteiger partial charge is 0.358 e. The van der Waals surface area contributed by atoms with Crippen LogP contribution >= 0.6 is 0 Å². The van der Waals surface area contributed by atoms with E-state index in [1.165, 1.54) is 5.56 Å². The van der Waals surface area contributed by atoms with E-state index in [0.29, 0.717) is 12.1 Å². The van der Waals surface area contributed by atoms with Crippen LogP contribution in [0.4, 0.5) is 11.4 Å². The predicted octanol–water partition coefficient (Wildman–Crippen LogP) is 3.24. The van der Waals surface area contributed by atoms with E-state index in [9.17, 15) is 9.59 Å². The van der Waals surface area contributed by atoms with Gasteiger partial charge in [-0.15, -0.1) is 0 Å². The second-order valence-corrected chi connectivity index (χ2v) is 7.10. The highest BCUT2D eigenvalue weighted by atomic mass is 16.2. The number of hydrogen-bond donors (Lipinski definition) is 2. The average molecular weight is 349 g/mol. The maximum atomic E-state index is 12.5. The highest BCUT2D eigenvalue weighted by molar-refractivity contribution is 6.05. The monoisotopic (exact) mass is 349 g/mol. The molecule has 5 heteroatoms. The van der Waals surface area contributed by atoms with E-state index in [0.717, 1.165) is 42.7 Å². The molecule has 2 aromatic rings. The van der Waals surface area contributed by atoms with Crippen molar-refractivity contribution < 1.29 is 9.59 Å². The van der Waals surface area contributed by atoms with Gasteiger partial charge in [0.15, 0.2) is 0 Å². The topological polar surface area (TPSA) is 61.4 Å². The molecule has 2 aliphatic rings. The van der Waals surface area contributed by atoms with Gasteiger partial charge in [0.2, 0.25) is 5.91 Å². The molecular weight excluding hydrogens is 326 g/mol. The Morgan fingerprint density at radius 3 is 2.96 bits per heavy atom. The maximum absolute atomic E-state index is 12.5. The third kappa shape index (κ3) is 3.17. The molecule has 5 nitrogen and oxygen atoms in total. The normalized spacial score (nSPS) is 18.6. The highest BCUT2D eigenvalue weighted by Crippen LogP contribution is 2.36. The molecule has 0 aliphatic carbocycles. The Morgan fingerprint density at radius 2 is 2.12 bits per heavy atom. The summed E-state index contributed by atoms with van der Waals surface area (Å²) in [5.74, 6) is -0.0983. The zero-order valence-corrected chi connectivity index (χ0v) is 14.9. The number of benzene rings is 2. The van der Waals surface area contributed by atoms with Crippen molar-refractivity contribution in [3.05, 3.63) is 59.2 Å². The third-order valence-corrected chi connectivity index (χ3v) is 5.17. The Balaban J connectivity index is 1.51. The van der Waals surface area contributed by atoms with Gasteiger partial charge in [0.1, 0.15) is 6.04 Å². The zero-order valence-electron chi connectivity index (χ0n) is 14.9. The number of fused-ring (bicyclic) bond motifs is 3. The Kier molecular flexibility index (Phi) is 4.37. The van der Waals surface area contributed by atoms with Crippen molar-refractivity contribution in [2.45, 2.75) is 38.8 Å². The smallest absolute Gasteiger partial charge is 0.251 e. The molecule has 0 saturated carbocycles.